The van der Waals surface area contributed by atoms with Crippen LogP contribution in [0.15, 0.2) is 42.6 Å². The highest BCUT2D eigenvalue weighted by atomic mass is 19.1. The van der Waals surface area contributed by atoms with Crippen LogP contribution in [0, 0.1) is 17.2 Å². The van der Waals surface area contributed by atoms with Crippen molar-refractivity contribution in [2.45, 2.75) is 83.8 Å². The van der Waals surface area contributed by atoms with Crippen molar-refractivity contribution in [3.63, 3.8) is 0 Å². The number of aromatic nitrogens is 2. The van der Waals surface area contributed by atoms with E-state index in [0.29, 0.717) is 44.1 Å². The molecule has 0 bridgehead atoms. The number of morpholine rings is 1. The lowest BCUT2D eigenvalue weighted by atomic mass is 9.60. The molecule has 2 fully saturated rings. The van der Waals surface area contributed by atoms with Gasteiger partial charge in [-0.2, -0.15) is 5.10 Å². The SMILES string of the molecule is CCC(=O)N[C@H](Cc1ccc(NC(=O)[C@]2(C3CCCCCC3)C=CC2NC(=O)c2ccnn2CC)c(F)c1)C(=O)N1CCOCC1. The molecule has 1 aliphatic heterocycles. The van der Waals surface area contributed by atoms with E-state index < -0.39 is 23.3 Å². The quantitative estimate of drug-likeness (QED) is 0.255. The normalized spacial score (nSPS) is 22.3. The third-order valence-corrected chi connectivity index (χ3v) is 9.54. The standard InChI is InChI=1S/C34H45FN6O5/c1-3-30(42)37-27(32(44)40-17-19-46-20-18-40)22-23-11-12-26(25(35)21-23)38-33(45)34(24-9-7-5-6-8-10-24)15-13-29(34)39-31(43)28-14-16-36-41(28)4-2/h11-16,21,24,27,29H,3-10,17-20,22H2,1-2H3,(H,37,42)(H,38,45)(H,39,43)/t27-,29?,34+/m1/s1. The van der Waals surface area contributed by atoms with Crippen molar-refractivity contribution in [2.24, 2.45) is 11.3 Å². The first kappa shape index (κ1) is 33.3. The van der Waals surface area contributed by atoms with Gasteiger partial charge >= 0.3 is 0 Å². The maximum atomic E-state index is 15.6. The van der Waals surface area contributed by atoms with Gasteiger partial charge in [0.2, 0.25) is 17.7 Å². The predicted octanol–water partition coefficient (Wildman–Crippen LogP) is 3.60. The van der Waals surface area contributed by atoms with Crippen molar-refractivity contribution in [3.05, 3.63) is 59.7 Å². The first-order valence-electron chi connectivity index (χ1n) is 16.5. The number of nitrogens with one attached hydrogen (secondary N) is 3. The van der Waals surface area contributed by atoms with Gasteiger partial charge in [0.15, 0.2) is 0 Å². The fraction of sp³-hybridized carbons (Fsp3) is 0.559. The van der Waals surface area contributed by atoms with Gasteiger partial charge in [0.1, 0.15) is 17.6 Å². The summed E-state index contributed by atoms with van der Waals surface area (Å²) in [5.74, 6) is -1.84. The number of carbonyl (C=O) groups excluding carboxylic acids is 4. The molecular weight excluding hydrogens is 591 g/mol. The molecule has 5 rings (SSSR count). The third-order valence-electron chi connectivity index (χ3n) is 9.54. The van der Waals surface area contributed by atoms with Crippen molar-refractivity contribution in [3.8, 4) is 0 Å². The molecule has 1 aromatic carbocycles. The average molecular weight is 637 g/mol. The summed E-state index contributed by atoms with van der Waals surface area (Å²) in [6.45, 7) is 5.85. The van der Waals surface area contributed by atoms with E-state index in [1.54, 1.807) is 34.8 Å². The minimum absolute atomic E-state index is 0.0159. The van der Waals surface area contributed by atoms with Crippen LogP contribution in [0.5, 0.6) is 0 Å². The van der Waals surface area contributed by atoms with E-state index in [1.165, 1.54) is 12.1 Å². The van der Waals surface area contributed by atoms with Crippen LogP contribution in [0.1, 0.15) is 74.8 Å². The minimum atomic E-state index is -1.03. The number of benzene rings is 1. The second-order valence-corrected chi connectivity index (χ2v) is 12.3. The molecule has 11 nitrogen and oxygen atoms in total. The molecule has 4 amide bonds. The second kappa shape index (κ2) is 15.0. The summed E-state index contributed by atoms with van der Waals surface area (Å²) in [6, 6.07) is 4.70. The predicted molar refractivity (Wildman–Crippen MR) is 170 cm³/mol. The van der Waals surface area contributed by atoms with Crippen LogP contribution in [0.25, 0.3) is 0 Å². The number of hydrogen-bond acceptors (Lipinski definition) is 6. The van der Waals surface area contributed by atoms with E-state index in [-0.39, 0.29) is 48.1 Å². The zero-order valence-corrected chi connectivity index (χ0v) is 26.7. The molecule has 1 saturated heterocycles. The number of amides is 4. The molecule has 12 heteroatoms. The second-order valence-electron chi connectivity index (χ2n) is 12.3. The number of aryl methyl sites for hydroxylation is 1. The Morgan fingerprint density at radius 1 is 1.07 bits per heavy atom. The summed E-state index contributed by atoms with van der Waals surface area (Å²) in [4.78, 5) is 54.6. The fourth-order valence-corrected chi connectivity index (χ4v) is 6.86. The van der Waals surface area contributed by atoms with Crippen molar-refractivity contribution in [2.75, 3.05) is 31.6 Å². The molecule has 1 saturated carbocycles. The number of anilines is 1. The zero-order chi connectivity index (χ0) is 32.7. The summed E-state index contributed by atoms with van der Waals surface area (Å²) in [5.41, 5.74) is -0.0781. The Labute approximate surface area is 269 Å². The first-order valence-corrected chi connectivity index (χ1v) is 16.5. The maximum absolute atomic E-state index is 15.6. The summed E-state index contributed by atoms with van der Waals surface area (Å²) < 4.78 is 22.6. The number of hydrogen-bond donors (Lipinski definition) is 3. The van der Waals surface area contributed by atoms with Gasteiger partial charge in [0, 0.05) is 38.7 Å². The Hall–Kier alpha value is -4.06. The molecule has 3 aliphatic rings. The largest absolute Gasteiger partial charge is 0.378 e. The van der Waals surface area contributed by atoms with Crippen LogP contribution in [0.2, 0.25) is 0 Å². The van der Waals surface area contributed by atoms with E-state index in [2.05, 4.69) is 21.0 Å². The van der Waals surface area contributed by atoms with Crippen LogP contribution in [0.3, 0.4) is 0 Å². The van der Waals surface area contributed by atoms with E-state index in [1.807, 2.05) is 19.1 Å². The van der Waals surface area contributed by atoms with Crippen molar-refractivity contribution in [1.29, 1.82) is 0 Å². The molecule has 1 unspecified atom stereocenters. The molecule has 3 N–H and O–H groups in total. The molecule has 2 aromatic rings. The maximum Gasteiger partial charge on any atom is 0.270 e. The van der Waals surface area contributed by atoms with Crippen LogP contribution in [-0.2, 0) is 32.1 Å². The van der Waals surface area contributed by atoms with Crippen molar-refractivity contribution >= 4 is 29.3 Å². The molecule has 3 atom stereocenters. The van der Waals surface area contributed by atoms with Gasteiger partial charge in [-0.05, 0) is 49.4 Å². The Kier molecular flexibility index (Phi) is 10.9. The Balaban J connectivity index is 1.34. The molecule has 2 heterocycles. The lowest BCUT2D eigenvalue weighted by Gasteiger charge is -2.47. The van der Waals surface area contributed by atoms with Gasteiger partial charge in [-0.25, -0.2) is 4.39 Å². The highest BCUT2D eigenvalue weighted by molar-refractivity contribution is 6.01. The molecule has 1 aromatic heterocycles. The van der Waals surface area contributed by atoms with Gasteiger partial charge in [0.05, 0.1) is 30.4 Å². The molecule has 2 aliphatic carbocycles. The van der Waals surface area contributed by atoms with Gasteiger partial charge in [-0.15, -0.1) is 0 Å². The van der Waals surface area contributed by atoms with E-state index in [4.69, 9.17) is 4.74 Å². The van der Waals surface area contributed by atoms with E-state index >= 15 is 4.39 Å². The number of rotatable bonds is 11. The number of halogens is 1. The average Bonchev–Trinajstić information content (AvgIpc) is 3.39. The van der Waals surface area contributed by atoms with Crippen molar-refractivity contribution < 1.29 is 28.3 Å². The topological polar surface area (TPSA) is 135 Å². The Morgan fingerprint density at radius 2 is 1.80 bits per heavy atom. The summed E-state index contributed by atoms with van der Waals surface area (Å²) in [7, 11) is 0. The van der Waals surface area contributed by atoms with Crippen LogP contribution in [-0.4, -0.2) is 76.7 Å². The molecular formula is C34H45FN6O5. The van der Waals surface area contributed by atoms with E-state index in [9.17, 15) is 19.2 Å². The molecule has 248 valence electrons. The van der Waals surface area contributed by atoms with Gasteiger partial charge in [-0.3, -0.25) is 23.9 Å². The van der Waals surface area contributed by atoms with Gasteiger partial charge < -0.3 is 25.6 Å². The number of nitrogens with zero attached hydrogens (tertiary/aromatic N) is 3. The highest BCUT2D eigenvalue weighted by Crippen LogP contribution is 2.48. The number of carbonyl (C=O) groups is 4. The van der Waals surface area contributed by atoms with Gasteiger partial charge in [-0.1, -0.05) is 50.8 Å². The summed E-state index contributed by atoms with van der Waals surface area (Å²) >= 11 is 0. The summed E-state index contributed by atoms with van der Waals surface area (Å²) in [6.07, 6.45) is 11.4. The number of ether oxygens (including phenoxy) is 1. The lowest BCUT2D eigenvalue weighted by Crippen LogP contribution is -2.60. The fourth-order valence-electron chi connectivity index (χ4n) is 6.86. The van der Waals surface area contributed by atoms with Gasteiger partial charge in [0.25, 0.3) is 5.91 Å². The summed E-state index contributed by atoms with van der Waals surface area (Å²) in [5, 5.41) is 12.9. The molecule has 0 spiro atoms. The van der Waals surface area contributed by atoms with Crippen LogP contribution < -0.4 is 16.0 Å². The lowest BCUT2D eigenvalue weighted by molar-refractivity contribution is -0.139. The molecule has 0 radical (unpaired) electrons. The minimum Gasteiger partial charge on any atom is -0.378 e. The third kappa shape index (κ3) is 7.16. The van der Waals surface area contributed by atoms with Crippen molar-refractivity contribution in [1.82, 2.24) is 25.3 Å². The monoisotopic (exact) mass is 636 g/mol. The smallest absolute Gasteiger partial charge is 0.270 e. The zero-order valence-electron chi connectivity index (χ0n) is 26.7. The molecule has 46 heavy (non-hydrogen) atoms. The Morgan fingerprint density at radius 3 is 2.43 bits per heavy atom. The highest BCUT2D eigenvalue weighted by Gasteiger charge is 2.54. The first-order chi connectivity index (χ1) is 22.3. The van der Waals surface area contributed by atoms with Crippen LogP contribution >= 0.6 is 0 Å². The van der Waals surface area contributed by atoms with E-state index in [0.717, 1.165) is 38.5 Å². The van der Waals surface area contributed by atoms with Crippen LogP contribution in [0.4, 0.5) is 10.1 Å². The Bertz CT molecular complexity index is 1450.